The molecule has 3 aromatic carbocycles. The van der Waals surface area contributed by atoms with E-state index < -0.39 is 12.6 Å². The normalized spacial score (nSPS) is 15.6. The van der Waals surface area contributed by atoms with Crippen molar-refractivity contribution in [3.8, 4) is 28.3 Å². The first-order valence-corrected chi connectivity index (χ1v) is 11.4. The number of oxazole rings is 1. The molecule has 0 bridgehead atoms. The Kier molecular flexibility index (Phi) is 6.46. The van der Waals surface area contributed by atoms with Crippen LogP contribution in [0.4, 0.5) is 8.78 Å². The molecule has 1 saturated heterocycles. The maximum absolute atomic E-state index is 13.1. The highest BCUT2D eigenvalue weighted by molar-refractivity contribution is 5.82. The molecule has 0 amide bonds. The minimum absolute atomic E-state index is 0.114. The summed E-state index contributed by atoms with van der Waals surface area (Å²) in [4.78, 5) is 16.9. The van der Waals surface area contributed by atoms with Crippen molar-refractivity contribution in [3.05, 3.63) is 71.8 Å². The highest BCUT2D eigenvalue weighted by Crippen LogP contribution is 2.35. The van der Waals surface area contributed by atoms with Crippen LogP contribution in [-0.4, -0.2) is 30.2 Å². The van der Waals surface area contributed by atoms with Gasteiger partial charge >= 0.3 is 12.6 Å². The molecule has 1 N–H and O–H groups in total. The number of nitrogens with zero attached hydrogens (tertiary/aromatic N) is 1. The minimum Gasteiger partial charge on any atom is -0.460 e. The molecule has 0 spiro atoms. The standard InChI is InChI=1S/C27H24F2N2O4/c1-16-19(17-7-3-2-4-8-17)9-5-10-20(16)25-31-22-13-18(15-33-26(32)21-11-6-12-30-21)23(35-27(28)29)14-24(22)34-25/h2-5,7-10,13-14,21,27,30H,6,11-12,15H2,1H3/t21-/m1/s1. The molecule has 5 rings (SSSR count). The van der Waals surface area contributed by atoms with Crippen molar-refractivity contribution in [2.24, 2.45) is 0 Å². The number of aromatic nitrogens is 1. The smallest absolute Gasteiger partial charge is 0.387 e. The van der Waals surface area contributed by atoms with Crippen LogP contribution < -0.4 is 10.1 Å². The molecule has 0 aliphatic carbocycles. The zero-order valence-electron chi connectivity index (χ0n) is 19.1. The Morgan fingerprint density at radius 3 is 2.69 bits per heavy atom. The van der Waals surface area contributed by atoms with Gasteiger partial charge in [-0.25, -0.2) is 4.98 Å². The van der Waals surface area contributed by atoms with Gasteiger partial charge in [-0.05, 0) is 55.1 Å². The Balaban J connectivity index is 1.48. The number of benzene rings is 3. The average Bonchev–Trinajstić information content (AvgIpc) is 3.53. The third-order valence-corrected chi connectivity index (χ3v) is 6.15. The zero-order valence-corrected chi connectivity index (χ0v) is 19.1. The molecule has 4 aromatic rings. The molecular formula is C27H24F2N2O4. The van der Waals surface area contributed by atoms with Crippen molar-refractivity contribution in [2.75, 3.05) is 6.54 Å². The Bertz CT molecular complexity index is 1350. The first kappa shape index (κ1) is 23.0. The number of fused-ring (bicyclic) bond motifs is 1. The number of nitrogens with one attached hydrogen (secondary N) is 1. The van der Waals surface area contributed by atoms with Crippen molar-refractivity contribution in [1.29, 1.82) is 0 Å². The highest BCUT2D eigenvalue weighted by atomic mass is 19.3. The number of carbonyl (C=O) groups excluding carboxylic acids is 1. The fourth-order valence-electron chi connectivity index (χ4n) is 4.37. The molecule has 0 radical (unpaired) electrons. The largest absolute Gasteiger partial charge is 0.460 e. The number of alkyl halides is 2. The van der Waals surface area contributed by atoms with Gasteiger partial charge in [0.2, 0.25) is 5.89 Å². The summed E-state index contributed by atoms with van der Waals surface area (Å²) in [6.45, 7) is -0.511. The number of ether oxygens (including phenoxy) is 2. The number of hydrogen-bond donors (Lipinski definition) is 1. The van der Waals surface area contributed by atoms with E-state index >= 15 is 0 Å². The molecule has 180 valence electrons. The van der Waals surface area contributed by atoms with E-state index in [9.17, 15) is 13.6 Å². The summed E-state index contributed by atoms with van der Waals surface area (Å²) in [5.41, 5.74) is 4.92. The van der Waals surface area contributed by atoms with Gasteiger partial charge < -0.3 is 19.2 Å². The highest BCUT2D eigenvalue weighted by Gasteiger charge is 2.24. The SMILES string of the molecule is Cc1c(-c2ccccc2)cccc1-c1nc2cc(COC(=O)[C@H]3CCCN3)c(OC(F)F)cc2o1. The van der Waals surface area contributed by atoms with Crippen LogP contribution in [0.25, 0.3) is 33.7 Å². The Morgan fingerprint density at radius 1 is 1.14 bits per heavy atom. The maximum atomic E-state index is 13.1. The summed E-state index contributed by atoms with van der Waals surface area (Å²) in [6, 6.07) is 18.4. The zero-order chi connectivity index (χ0) is 24.4. The molecule has 1 atom stereocenters. The van der Waals surface area contributed by atoms with E-state index in [4.69, 9.17) is 13.9 Å². The van der Waals surface area contributed by atoms with Crippen LogP contribution in [0.3, 0.4) is 0 Å². The average molecular weight is 478 g/mol. The topological polar surface area (TPSA) is 73.6 Å². The lowest BCUT2D eigenvalue weighted by Gasteiger charge is -2.13. The minimum atomic E-state index is -3.04. The van der Waals surface area contributed by atoms with Crippen molar-refractivity contribution in [3.63, 3.8) is 0 Å². The fourth-order valence-corrected chi connectivity index (χ4v) is 4.37. The van der Waals surface area contributed by atoms with Crippen LogP contribution in [0.1, 0.15) is 24.0 Å². The lowest BCUT2D eigenvalue weighted by atomic mass is 9.96. The summed E-state index contributed by atoms with van der Waals surface area (Å²) in [6.07, 6.45) is 1.57. The van der Waals surface area contributed by atoms with Crippen LogP contribution in [0.2, 0.25) is 0 Å². The van der Waals surface area contributed by atoms with Crippen LogP contribution in [0.5, 0.6) is 5.75 Å². The molecule has 1 fully saturated rings. The monoisotopic (exact) mass is 478 g/mol. The van der Waals surface area contributed by atoms with Gasteiger partial charge in [0.15, 0.2) is 5.58 Å². The summed E-state index contributed by atoms with van der Waals surface area (Å²) in [5, 5.41) is 3.06. The number of hydrogen-bond acceptors (Lipinski definition) is 6. The molecule has 35 heavy (non-hydrogen) atoms. The molecule has 1 aliphatic rings. The van der Waals surface area contributed by atoms with Crippen LogP contribution >= 0.6 is 0 Å². The van der Waals surface area contributed by atoms with Crippen molar-refractivity contribution in [1.82, 2.24) is 10.3 Å². The number of halogens is 2. The molecule has 1 aromatic heterocycles. The van der Waals surface area contributed by atoms with E-state index in [1.165, 1.54) is 6.07 Å². The van der Waals surface area contributed by atoms with Crippen molar-refractivity contribution >= 4 is 17.1 Å². The first-order valence-electron chi connectivity index (χ1n) is 11.4. The number of esters is 1. The second kappa shape index (κ2) is 9.84. The van der Waals surface area contributed by atoms with Gasteiger partial charge in [-0.1, -0.05) is 42.5 Å². The molecule has 8 heteroatoms. The van der Waals surface area contributed by atoms with Gasteiger partial charge in [0.1, 0.15) is 23.9 Å². The second-order valence-corrected chi connectivity index (χ2v) is 8.43. The predicted molar refractivity (Wildman–Crippen MR) is 127 cm³/mol. The Morgan fingerprint density at radius 2 is 1.94 bits per heavy atom. The molecule has 1 aliphatic heterocycles. The first-order chi connectivity index (χ1) is 17.0. The van der Waals surface area contributed by atoms with E-state index in [-0.39, 0.29) is 18.4 Å². The number of rotatable bonds is 7. The lowest BCUT2D eigenvalue weighted by Crippen LogP contribution is -2.32. The van der Waals surface area contributed by atoms with Gasteiger partial charge in [-0.2, -0.15) is 8.78 Å². The van der Waals surface area contributed by atoms with E-state index in [0.29, 0.717) is 29.0 Å². The van der Waals surface area contributed by atoms with Crippen molar-refractivity contribution in [2.45, 2.75) is 39.0 Å². The molecule has 0 saturated carbocycles. The summed E-state index contributed by atoms with van der Waals surface area (Å²) in [5.74, 6) is -0.167. The van der Waals surface area contributed by atoms with Gasteiger partial charge in [0.25, 0.3) is 0 Å². The summed E-state index contributed by atoms with van der Waals surface area (Å²) in [7, 11) is 0. The van der Waals surface area contributed by atoms with Crippen molar-refractivity contribution < 1.29 is 27.5 Å². The van der Waals surface area contributed by atoms with E-state index in [0.717, 1.165) is 35.2 Å². The molecular weight excluding hydrogens is 454 g/mol. The molecule has 2 heterocycles. The molecule has 6 nitrogen and oxygen atoms in total. The van der Waals surface area contributed by atoms with Gasteiger partial charge in [-0.3, -0.25) is 4.79 Å². The lowest BCUT2D eigenvalue weighted by molar-refractivity contribution is -0.147. The molecule has 0 unspecified atom stereocenters. The van der Waals surface area contributed by atoms with Crippen LogP contribution in [0.15, 0.2) is 65.1 Å². The summed E-state index contributed by atoms with van der Waals surface area (Å²) >= 11 is 0. The van der Waals surface area contributed by atoms with Gasteiger partial charge in [0.05, 0.1) is 0 Å². The van der Waals surface area contributed by atoms with E-state index in [1.807, 2.05) is 55.5 Å². The van der Waals surface area contributed by atoms with Gasteiger partial charge in [-0.15, -0.1) is 0 Å². The quantitative estimate of drug-likeness (QED) is 0.335. The maximum Gasteiger partial charge on any atom is 0.387 e. The van der Waals surface area contributed by atoms with Gasteiger partial charge in [0, 0.05) is 17.2 Å². The second-order valence-electron chi connectivity index (χ2n) is 8.43. The van der Waals surface area contributed by atoms with E-state index in [1.54, 1.807) is 6.07 Å². The fraction of sp³-hybridized carbons (Fsp3) is 0.259. The number of carbonyl (C=O) groups is 1. The Hall–Kier alpha value is -3.78. The predicted octanol–water partition coefficient (Wildman–Crippen LogP) is 5.87. The van der Waals surface area contributed by atoms with Crippen LogP contribution in [0, 0.1) is 6.92 Å². The Labute approximate surface area is 200 Å². The summed E-state index contributed by atoms with van der Waals surface area (Å²) < 4.78 is 42.2. The van der Waals surface area contributed by atoms with Crippen LogP contribution in [-0.2, 0) is 16.1 Å². The third kappa shape index (κ3) is 4.88. The van der Waals surface area contributed by atoms with E-state index in [2.05, 4.69) is 10.3 Å². The third-order valence-electron chi connectivity index (χ3n) is 6.15.